The van der Waals surface area contributed by atoms with E-state index >= 15 is 0 Å². The summed E-state index contributed by atoms with van der Waals surface area (Å²) in [5.74, 6) is 0.798. The minimum absolute atomic E-state index is 0.130. The first-order chi connectivity index (χ1) is 9.07. The number of hydrogen-bond acceptors (Lipinski definition) is 2. The van der Waals surface area contributed by atoms with Gasteiger partial charge in [-0.1, -0.05) is 39.3 Å². The lowest BCUT2D eigenvalue weighted by Gasteiger charge is -2.50. The highest BCUT2D eigenvalue weighted by Crippen LogP contribution is 2.55. The van der Waals surface area contributed by atoms with Crippen LogP contribution in [0.5, 0.6) is 5.75 Å². The Morgan fingerprint density at radius 3 is 2.05 bits per heavy atom. The molecule has 0 atom stereocenters. The topological polar surface area (TPSA) is 29.5 Å². The molecule has 0 spiro atoms. The van der Waals surface area contributed by atoms with Gasteiger partial charge in [-0.3, -0.25) is 0 Å². The summed E-state index contributed by atoms with van der Waals surface area (Å²) in [4.78, 5) is 0. The maximum atomic E-state index is 11.4. The summed E-state index contributed by atoms with van der Waals surface area (Å²) in [5.41, 5.74) is 1.57. The Balaban J connectivity index is 2.51. The Kier molecular flexibility index (Phi) is 3.66. The smallest absolute Gasteiger partial charge is 0.124 e. The van der Waals surface area contributed by atoms with E-state index in [0.29, 0.717) is 0 Å². The van der Waals surface area contributed by atoms with Crippen molar-refractivity contribution in [3.63, 3.8) is 0 Å². The number of aryl methyl sites for hydroxylation is 1. The van der Waals surface area contributed by atoms with Gasteiger partial charge in [-0.2, -0.15) is 0 Å². The molecule has 1 aromatic rings. The predicted octanol–water partition coefficient (Wildman–Crippen LogP) is 4.43. The van der Waals surface area contributed by atoms with Crippen molar-refractivity contribution in [1.29, 1.82) is 0 Å². The standard InChI is InChI=1S/C18H28O2/c1-13-7-8-15(20-6)14(9-13)18(19)11-16(2,3)10-17(4,5)12-18/h7-9,19H,10-12H2,1-6H3. The van der Waals surface area contributed by atoms with Gasteiger partial charge >= 0.3 is 0 Å². The summed E-state index contributed by atoms with van der Waals surface area (Å²) in [6, 6.07) is 6.08. The molecule has 0 amide bonds. The highest BCUT2D eigenvalue weighted by molar-refractivity contribution is 5.41. The summed E-state index contributed by atoms with van der Waals surface area (Å²) in [7, 11) is 1.68. The van der Waals surface area contributed by atoms with Gasteiger partial charge in [0.05, 0.1) is 12.7 Å². The minimum Gasteiger partial charge on any atom is -0.496 e. The first-order valence-electron chi connectivity index (χ1n) is 7.45. The van der Waals surface area contributed by atoms with Crippen LogP contribution >= 0.6 is 0 Å². The lowest BCUT2D eigenvalue weighted by molar-refractivity contribution is -0.0922. The zero-order chi connectivity index (χ0) is 15.2. The number of rotatable bonds is 2. The molecule has 0 aromatic heterocycles. The zero-order valence-electron chi connectivity index (χ0n) is 13.7. The highest BCUT2D eigenvalue weighted by Gasteiger charge is 2.48. The fourth-order valence-electron chi connectivity index (χ4n) is 4.44. The van der Waals surface area contributed by atoms with Gasteiger partial charge in [0.1, 0.15) is 5.75 Å². The molecule has 20 heavy (non-hydrogen) atoms. The van der Waals surface area contributed by atoms with Gasteiger partial charge in [-0.25, -0.2) is 0 Å². The zero-order valence-corrected chi connectivity index (χ0v) is 13.7. The van der Waals surface area contributed by atoms with Crippen molar-refractivity contribution < 1.29 is 9.84 Å². The molecule has 0 heterocycles. The second-order valence-electron chi connectivity index (χ2n) is 8.09. The lowest BCUT2D eigenvalue weighted by Crippen LogP contribution is -2.44. The molecule has 2 nitrogen and oxygen atoms in total. The van der Waals surface area contributed by atoms with Gasteiger partial charge in [-0.15, -0.1) is 0 Å². The van der Waals surface area contributed by atoms with E-state index in [-0.39, 0.29) is 10.8 Å². The molecule has 1 aliphatic rings. The largest absolute Gasteiger partial charge is 0.496 e. The van der Waals surface area contributed by atoms with Crippen molar-refractivity contribution in [1.82, 2.24) is 0 Å². The van der Waals surface area contributed by atoms with Gasteiger partial charge in [-0.05, 0) is 49.1 Å². The normalized spacial score (nSPS) is 23.4. The highest BCUT2D eigenvalue weighted by atomic mass is 16.5. The van der Waals surface area contributed by atoms with E-state index in [4.69, 9.17) is 4.74 Å². The molecule has 0 aliphatic heterocycles. The van der Waals surface area contributed by atoms with Crippen molar-refractivity contribution in [2.45, 2.75) is 59.5 Å². The second kappa shape index (κ2) is 4.77. The van der Waals surface area contributed by atoms with Gasteiger partial charge in [0.2, 0.25) is 0 Å². The van der Waals surface area contributed by atoms with Crippen LogP contribution < -0.4 is 4.74 Å². The van der Waals surface area contributed by atoms with E-state index in [2.05, 4.69) is 40.7 Å². The van der Waals surface area contributed by atoms with Gasteiger partial charge in [0.15, 0.2) is 0 Å². The summed E-state index contributed by atoms with van der Waals surface area (Å²) in [6.07, 6.45) is 2.70. The fraction of sp³-hybridized carbons (Fsp3) is 0.667. The van der Waals surface area contributed by atoms with Crippen LogP contribution in [0.3, 0.4) is 0 Å². The van der Waals surface area contributed by atoms with Crippen molar-refractivity contribution >= 4 is 0 Å². The molecule has 1 aromatic carbocycles. The minimum atomic E-state index is -0.803. The maximum absolute atomic E-state index is 11.4. The summed E-state index contributed by atoms with van der Waals surface area (Å²) in [6.45, 7) is 11.1. The predicted molar refractivity (Wildman–Crippen MR) is 83.0 cm³/mol. The average Bonchev–Trinajstić information content (AvgIpc) is 2.24. The average molecular weight is 276 g/mol. The Morgan fingerprint density at radius 2 is 1.55 bits per heavy atom. The summed E-state index contributed by atoms with van der Waals surface area (Å²) < 4.78 is 5.50. The van der Waals surface area contributed by atoms with Crippen LogP contribution in [0.4, 0.5) is 0 Å². The summed E-state index contributed by atoms with van der Waals surface area (Å²) >= 11 is 0. The van der Waals surface area contributed by atoms with Gasteiger partial charge in [0, 0.05) is 5.56 Å². The van der Waals surface area contributed by atoms with Crippen LogP contribution in [0.2, 0.25) is 0 Å². The van der Waals surface area contributed by atoms with Crippen molar-refractivity contribution in [3.05, 3.63) is 29.3 Å². The van der Waals surface area contributed by atoms with Crippen LogP contribution in [-0.2, 0) is 5.60 Å². The molecular formula is C18H28O2. The molecule has 1 aliphatic carbocycles. The number of hydrogen-bond donors (Lipinski definition) is 1. The van der Waals surface area contributed by atoms with Crippen LogP contribution in [0.1, 0.15) is 58.1 Å². The van der Waals surface area contributed by atoms with E-state index in [1.165, 1.54) is 0 Å². The molecule has 1 N–H and O–H groups in total. The fourth-order valence-corrected chi connectivity index (χ4v) is 4.44. The third kappa shape index (κ3) is 3.01. The Bertz CT molecular complexity index is 484. The van der Waals surface area contributed by atoms with Crippen molar-refractivity contribution in [2.75, 3.05) is 7.11 Å². The first-order valence-corrected chi connectivity index (χ1v) is 7.45. The maximum Gasteiger partial charge on any atom is 0.124 e. The van der Waals surface area contributed by atoms with Crippen molar-refractivity contribution in [2.24, 2.45) is 10.8 Å². The van der Waals surface area contributed by atoms with E-state index in [0.717, 1.165) is 36.1 Å². The van der Waals surface area contributed by atoms with Crippen LogP contribution in [-0.4, -0.2) is 12.2 Å². The molecule has 0 radical (unpaired) electrons. The van der Waals surface area contributed by atoms with Crippen LogP contribution in [0.25, 0.3) is 0 Å². The molecule has 1 saturated carbocycles. The molecule has 2 heteroatoms. The van der Waals surface area contributed by atoms with E-state index < -0.39 is 5.60 Å². The molecule has 0 unspecified atom stereocenters. The SMILES string of the molecule is COc1ccc(C)cc1C1(O)CC(C)(C)CC(C)(C)C1. The number of methoxy groups -OCH3 is 1. The van der Waals surface area contributed by atoms with E-state index in [1.54, 1.807) is 7.11 Å². The van der Waals surface area contributed by atoms with E-state index in [9.17, 15) is 5.11 Å². The number of ether oxygens (including phenoxy) is 1. The Morgan fingerprint density at radius 1 is 1.00 bits per heavy atom. The third-order valence-corrected chi connectivity index (χ3v) is 4.36. The molecular weight excluding hydrogens is 248 g/mol. The molecule has 0 bridgehead atoms. The quantitative estimate of drug-likeness (QED) is 0.866. The van der Waals surface area contributed by atoms with Crippen LogP contribution in [0.15, 0.2) is 18.2 Å². The number of aliphatic hydroxyl groups is 1. The van der Waals surface area contributed by atoms with Crippen molar-refractivity contribution in [3.8, 4) is 5.75 Å². The molecule has 2 rings (SSSR count). The van der Waals surface area contributed by atoms with Gasteiger partial charge < -0.3 is 9.84 Å². The summed E-state index contributed by atoms with van der Waals surface area (Å²) in [5, 5.41) is 11.4. The van der Waals surface area contributed by atoms with E-state index in [1.807, 2.05) is 12.1 Å². The lowest BCUT2D eigenvalue weighted by atomic mass is 9.58. The van der Waals surface area contributed by atoms with Crippen LogP contribution in [0, 0.1) is 17.8 Å². The Hall–Kier alpha value is -1.02. The van der Waals surface area contributed by atoms with Gasteiger partial charge in [0.25, 0.3) is 0 Å². The molecule has 0 saturated heterocycles. The third-order valence-electron chi connectivity index (χ3n) is 4.36. The molecule has 1 fully saturated rings. The second-order valence-corrected chi connectivity index (χ2v) is 8.09. The monoisotopic (exact) mass is 276 g/mol. The first kappa shape index (κ1) is 15.4. The molecule has 112 valence electrons. The Labute approximate surface area is 123 Å². The number of benzene rings is 1.